The molecule has 0 fully saturated rings. The number of anilines is 1. The number of hydrogen-bond acceptors (Lipinski definition) is 6. The molecule has 0 spiro atoms. The van der Waals surface area contributed by atoms with Crippen LogP contribution in [0, 0.1) is 29.8 Å². The van der Waals surface area contributed by atoms with Crippen molar-refractivity contribution in [2.24, 2.45) is 0 Å². The number of nitro benzene ring substituents is 1. The van der Waals surface area contributed by atoms with Gasteiger partial charge >= 0.3 is 0 Å². The largest absolute Gasteiger partial charge is 0.483 e. The van der Waals surface area contributed by atoms with Gasteiger partial charge in [0, 0.05) is 22.6 Å². The monoisotopic (exact) mass is 401 g/mol. The van der Waals surface area contributed by atoms with Crippen LogP contribution >= 0.6 is 11.3 Å². The molecular weight excluding hydrogens is 385 g/mol. The standard InChI is InChI=1S/C19H16FN3O4S/c1-11-9-15(23(25)26)7-8-16(11)27-10-17(24)21-19-22-18(12(2)28-19)13-3-5-14(20)6-4-13/h3-9H,10H2,1-2H3,(H,21,22,24). The molecule has 0 unspecified atom stereocenters. The summed E-state index contributed by atoms with van der Waals surface area (Å²) in [7, 11) is 0. The minimum absolute atomic E-state index is 0.0408. The van der Waals surface area contributed by atoms with Gasteiger partial charge in [0.15, 0.2) is 11.7 Å². The van der Waals surface area contributed by atoms with Gasteiger partial charge in [-0.15, -0.1) is 11.3 Å². The van der Waals surface area contributed by atoms with E-state index in [1.165, 1.54) is 41.7 Å². The maximum Gasteiger partial charge on any atom is 0.269 e. The topological polar surface area (TPSA) is 94.4 Å². The zero-order chi connectivity index (χ0) is 20.3. The Kier molecular flexibility index (Phi) is 5.65. The zero-order valence-corrected chi connectivity index (χ0v) is 15.9. The number of rotatable bonds is 6. The smallest absolute Gasteiger partial charge is 0.269 e. The molecule has 0 saturated heterocycles. The van der Waals surface area contributed by atoms with Gasteiger partial charge in [-0.25, -0.2) is 9.37 Å². The molecule has 2 aromatic carbocycles. The van der Waals surface area contributed by atoms with E-state index in [2.05, 4.69) is 10.3 Å². The molecule has 1 heterocycles. The number of benzene rings is 2. The summed E-state index contributed by atoms with van der Waals surface area (Å²) < 4.78 is 18.5. The Hall–Kier alpha value is -3.33. The molecule has 144 valence electrons. The average molecular weight is 401 g/mol. The number of non-ortho nitro benzene ring substituents is 1. The molecule has 0 bridgehead atoms. The number of nitro groups is 1. The summed E-state index contributed by atoms with van der Waals surface area (Å²) in [6.45, 7) is 3.27. The molecular formula is C19H16FN3O4S. The highest BCUT2D eigenvalue weighted by atomic mass is 32.1. The van der Waals surface area contributed by atoms with Crippen LogP contribution in [0.5, 0.6) is 5.75 Å². The first-order valence-electron chi connectivity index (χ1n) is 8.24. The lowest BCUT2D eigenvalue weighted by atomic mass is 10.1. The number of thiazole rings is 1. The molecule has 1 amide bonds. The maximum atomic E-state index is 13.1. The normalized spacial score (nSPS) is 10.5. The third kappa shape index (κ3) is 4.49. The van der Waals surface area contributed by atoms with Crippen molar-refractivity contribution in [2.75, 3.05) is 11.9 Å². The summed E-state index contributed by atoms with van der Waals surface area (Å²) in [6.07, 6.45) is 0. The van der Waals surface area contributed by atoms with E-state index in [9.17, 15) is 19.3 Å². The van der Waals surface area contributed by atoms with Gasteiger partial charge in [0.1, 0.15) is 11.6 Å². The van der Waals surface area contributed by atoms with Crippen LogP contribution in [0.4, 0.5) is 15.2 Å². The molecule has 28 heavy (non-hydrogen) atoms. The van der Waals surface area contributed by atoms with E-state index in [-0.39, 0.29) is 18.1 Å². The second-order valence-corrected chi connectivity index (χ2v) is 7.18. The molecule has 7 nitrogen and oxygen atoms in total. The molecule has 1 N–H and O–H groups in total. The lowest BCUT2D eigenvalue weighted by molar-refractivity contribution is -0.384. The summed E-state index contributed by atoms with van der Waals surface area (Å²) in [5.74, 6) is -0.343. The minimum Gasteiger partial charge on any atom is -0.483 e. The van der Waals surface area contributed by atoms with Crippen molar-refractivity contribution in [1.29, 1.82) is 0 Å². The van der Waals surface area contributed by atoms with Crippen molar-refractivity contribution in [3.05, 3.63) is 68.8 Å². The summed E-state index contributed by atoms with van der Waals surface area (Å²) in [5, 5.41) is 13.8. The number of carbonyl (C=O) groups is 1. The molecule has 0 saturated carbocycles. The van der Waals surface area contributed by atoms with E-state index in [1.807, 2.05) is 6.92 Å². The number of aryl methyl sites for hydroxylation is 2. The van der Waals surface area contributed by atoms with Crippen molar-refractivity contribution in [1.82, 2.24) is 4.98 Å². The first-order valence-corrected chi connectivity index (χ1v) is 9.06. The lowest BCUT2D eigenvalue weighted by Gasteiger charge is -2.08. The van der Waals surface area contributed by atoms with Crippen LogP contribution in [0.2, 0.25) is 0 Å². The second kappa shape index (κ2) is 8.13. The van der Waals surface area contributed by atoms with Crippen molar-refractivity contribution in [3.63, 3.8) is 0 Å². The molecule has 0 aliphatic heterocycles. The first-order chi connectivity index (χ1) is 13.3. The Bertz CT molecular complexity index is 1030. The van der Waals surface area contributed by atoms with Crippen LogP contribution in [0.3, 0.4) is 0 Å². The number of aromatic nitrogens is 1. The highest BCUT2D eigenvalue weighted by Gasteiger charge is 2.14. The van der Waals surface area contributed by atoms with Gasteiger partial charge in [0.05, 0.1) is 10.6 Å². The van der Waals surface area contributed by atoms with Crippen molar-refractivity contribution < 1.29 is 18.8 Å². The fourth-order valence-electron chi connectivity index (χ4n) is 2.53. The van der Waals surface area contributed by atoms with Gasteiger partial charge in [0.2, 0.25) is 0 Å². The van der Waals surface area contributed by atoms with Gasteiger partial charge in [-0.2, -0.15) is 0 Å². The fraction of sp³-hybridized carbons (Fsp3) is 0.158. The quantitative estimate of drug-likeness (QED) is 0.485. The third-order valence-electron chi connectivity index (χ3n) is 3.89. The summed E-state index contributed by atoms with van der Waals surface area (Å²) in [6, 6.07) is 10.1. The van der Waals surface area contributed by atoms with E-state index in [1.54, 1.807) is 19.1 Å². The molecule has 0 aliphatic rings. The van der Waals surface area contributed by atoms with Crippen LogP contribution in [-0.4, -0.2) is 22.4 Å². The summed E-state index contributed by atoms with van der Waals surface area (Å²) >= 11 is 1.30. The second-order valence-electron chi connectivity index (χ2n) is 5.97. The van der Waals surface area contributed by atoms with Crippen LogP contribution in [-0.2, 0) is 4.79 Å². The van der Waals surface area contributed by atoms with Gasteiger partial charge < -0.3 is 4.74 Å². The summed E-state index contributed by atoms with van der Waals surface area (Å²) in [5.41, 5.74) is 1.95. The predicted molar refractivity (Wildman–Crippen MR) is 104 cm³/mol. The fourth-order valence-corrected chi connectivity index (χ4v) is 3.39. The van der Waals surface area contributed by atoms with Gasteiger partial charge in [0.25, 0.3) is 11.6 Å². The summed E-state index contributed by atoms with van der Waals surface area (Å²) in [4.78, 5) is 27.7. The van der Waals surface area contributed by atoms with E-state index in [0.717, 1.165) is 10.4 Å². The highest BCUT2D eigenvalue weighted by Crippen LogP contribution is 2.30. The SMILES string of the molecule is Cc1cc([N+](=O)[O-])ccc1OCC(=O)Nc1nc(-c2ccc(F)cc2)c(C)s1. The number of amides is 1. The Morgan fingerprint density at radius 3 is 2.61 bits per heavy atom. The van der Waals surface area contributed by atoms with Crippen molar-refractivity contribution in [2.45, 2.75) is 13.8 Å². The zero-order valence-electron chi connectivity index (χ0n) is 15.1. The number of halogens is 1. The van der Waals surface area contributed by atoms with Crippen LogP contribution in [0.15, 0.2) is 42.5 Å². The number of hydrogen-bond donors (Lipinski definition) is 1. The Balaban J connectivity index is 1.63. The highest BCUT2D eigenvalue weighted by molar-refractivity contribution is 7.16. The van der Waals surface area contributed by atoms with Crippen LogP contribution in [0.25, 0.3) is 11.3 Å². The molecule has 1 aromatic heterocycles. The Morgan fingerprint density at radius 2 is 1.96 bits per heavy atom. The Labute approximate surface area is 164 Å². The van der Waals surface area contributed by atoms with Crippen molar-refractivity contribution in [3.8, 4) is 17.0 Å². The van der Waals surface area contributed by atoms with Crippen molar-refractivity contribution >= 4 is 28.1 Å². The van der Waals surface area contributed by atoms with Crippen LogP contribution in [0.1, 0.15) is 10.4 Å². The van der Waals surface area contributed by atoms with Gasteiger partial charge in [-0.1, -0.05) is 0 Å². The van der Waals surface area contributed by atoms with E-state index >= 15 is 0 Å². The number of nitrogens with zero attached hydrogens (tertiary/aromatic N) is 2. The first kappa shape index (κ1) is 19.4. The maximum absolute atomic E-state index is 13.1. The lowest BCUT2D eigenvalue weighted by Crippen LogP contribution is -2.20. The van der Waals surface area contributed by atoms with E-state index < -0.39 is 10.8 Å². The minimum atomic E-state index is -0.493. The average Bonchev–Trinajstić information content (AvgIpc) is 3.01. The number of ether oxygens (including phenoxy) is 1. The van der Waals surface area contributed by atoms with Gasteiger partial charge in [-0.05, 0) is 49.7 Å². The molecule has 0 radical (unpaired) electrons. The van der Waals surface area contributed by atoms with E-state index in [4.69, 9.17) is 4.74 Å². The molecule has 3 rings (SSSR count). The van der Waals surface area contributed by atoms with Crippen LogP contribution < -0.4 is 10.1 Å². The molecule has 0 aliphatic carbocycles. The molecule has 3 aromatic rings. The molecule has 0 atom stereocenters. The molecule has 9 heteroatoms. The number of nitrogens with one attached hydrogen (secondary N) is 1. The number of carbonyl (C=O) groups excluding carboxylic acids is 1. The van der Waals surface area contributed by atoms with Gasteiger partial charge in [-0.3, -0.25) is 20.2 Å². The predicted octanol–water partition coefficient (Wildman–Crippen LogP) is 4.49. The Morgan fingerprint density at radius 1 is 1.25 bits per heavy atom. The van der Waals surface area contributed by atoms with E-state index in [0.29, 0.717) is 22.1 Å². The third-order valence-corrected chi connectivity index (χ3v) is 4.77.